The van der Waals surface area contributed by atoms with Gasteiger partial charge in [-0.3, -0.25) is 4.79 Å². The number of nitrogens with zero attached hydrogens (tertiary/aromatic N) is 1. The Hall–Kier alpha value is -2.42. The molecule has 3 N–H and O–H groups in total. The third-order valence-electron chi connectivity index (χ3n) is 3.49. The zero-order chi connectivity index (χ0) is 19.1. The summed E-state index contributed by atoms with van der Waals surface area (Å²) in [6.45, 7) is 1.87. The van der Waals surface area contributed by atoms with Crippen molar-refractivity contribution in [3.63, 3.8) is 0 Å². The SMILES string of the molecule is CC(Sc1ccc(NC(=S)Nc2ccccc2)cc1)C(=O)Nc1nccs1. The number of rotatable bonds is 6. The molecule has 3 aromatic rings. The second kappa shape index (κ2) is 9.50. The molecule has 138 valence electrons. The van der Waals surface area contributed by atoms with Gasteiger partial charge in [-0.1, -0.05) is 18.2 Å². The molecule has 0 aliphatic carbocycles. The molecule has 1 unspecified atom stereocenters. The van der Waals surface area contributed by atoms with Crippen molar-refractivity contribution in [1.82, 2.24) is 4.98 Å². The van der Waals surface area contributed by atoms with Crippen LogP contribution in [-0.4, -0.2) is 21.3 Å². The van der Waals surface area contributed by atoms with E-state index in [0.717, 1.165) is 16.3 Å². The third-order valence-corrected chi connectivity index (χ3v) is 5.49. The van der Waals surface area contributed by atoms with E-state index in [1.54, 1.807) is 6.20 Å². The summed E-state index contributed by atoms with van der Waals surface area (Å²) in [4.78, 5) is 17.3. The number of carbonyl (C=O) groups excluding carboxylic acids is 1. The summed E-state index contributed by atoms with van der Waals surface area (Å²) < 4.78 is 0. The van der Waals surface area contributed by atoms with Crippen molar-refractivity contribution in [2.75, 3.05) is 16.0 Å². The van der Waals surface area contributed by atoms with Crippen LogP contribution < -0.4 is 16.0 Å². The number of benzene rings is 2. The molecule has 27 heavy (non-hydrogen) atoms. The number of thiazole rings is 1. The number of hydrogen-bond acceptors (Lipinski definition) is 5. The number of thioether (sulfide) groups is 1. The molecule has 0 radical (unpaired) electrons. The largest absolute Gasteiger partial charge is 0.332 e. The first-order chi connectivity index (χ1) is 13.1. The summed E-state index contributed by atoms with van der Waals surface area (Å²) in [5.74, 6) is -0.0645. The lowest BCUT2D eigenvalue weighted by Gasteiger charge is -2.12. The van der Waals surface area contributed by atoms with Gasteiger partial charge < -0.3 is 16.0 Å². The summed E-state index contributed by atoms with van der Waals surface area (Å²) in [5, 5.41) is 11.8. The Morgan fingerprint density at radius 3 is 2.33 bits per heavy atom. The van der Waals surface area contributed by atoms with E-state index in [-0.39, 0.29) is 11.2 Å². The number of carbonyl (C=O) groups is 1. The summed E-state index contributed by atoms with van der Waals surface area (Å²) in [6, 6.07) is 17.6. The van der Waals surface area contributed by atoms with Gasteiger partial charge in [0.15, 0.2) is 10.2 Å². The summed E-state index contributed by atoms with van der Waals surface area (Å²) in [6.07, 6.45) is 1.67. The highest BCUT2D eigenvalue weighted by Gasteiger charge is 2.15. The number of para-hydroxylation sites is 1. The fourth-order valence-electron chi connectivity index (χ4n) is 2.18. The van der Waals surface area contributed by atoms with Crippen molar-refractivity contribution in [2.24, 2.45) is 0 Å². The molecule has 0 aliphatic heterocycles. The smallest absolute Gasteiger partial charge is 0.239 e. The number of nitrogens with one attached hydrogen (secondary N) is 3. The van der Waals surface area contributed by atoms with Gasteiger partial charge in [0, 0.05) is 27.8 Å². The van der Waals surface area contributed by atoms with Gasteiger partial charge in [-0.05, 0) is 55.5 Å². The normalized spacial score (nSPS) is 11.4. The van der Waals surface area contributed by atoms with Crippen LogP contribution >= 0.6 is 35.3 Å². The molecule has 1 aromatic heterocycles. The number of anilines is 3. The highest BCUT2D eigenvalue weighted by Crippen LogP contribution is 2.26. The molecule has 3 rings (SSSR count). The van der Waals surface area contributed by atoms with E-state index < -0.39 is 0 Å². The monoisotopic (exact) mass is 414 g/mol. The van der Waals surface area contributed by atoms with Crippen molar-refractivity contribution < 1.29 is 4.79 Å². The molecule has 0 saturated carbocycles. The highest BCUT2D eigenvalue weighted by atomic mass is 32.2. The van der Waals surface area contributed by atoms with Crippen molar-refractivity contribution in [3.05, 3.63) is 66.2 Å². The van der Waals surface area contributed by atoms with Crippen molar-refractivity contribution >= 4 is 62.8 Å². The molecule has 1 amide bonds. The molecule has 0 fully saturated rings. The first-order valence-electron chi connectivity index (χ1n) is 8.20. The van der Waals surface area contributed by atoms with Crippen LogP contribution in [0, 0.1) is 0 Å². The quantitative estimate of drug-likeness (QED) is 0.386. The maximum atomic E-state index is 12.2. The Kier molecular flexibility index (Phi) is 6.80. The molecular formula is C19H18N4OS3. The molecule has 2 aromatic carbocycles. The van der Waals surface area contributed by atoms with Gasteiger partial charge in [-0.2, -0.15) is 0 Å². The van der Waals surface area contributed by atoms with Crippen LogP contribution in [0.25, 0.3) is 0 Å². The maximum absolute atomic E-state index is 12.2. The van der Waals surface area contributed by atoms with Crippen LogP contribution in [0.15, 0.2) is 71.1 Å². The number of amides is 1. The first kappa shape index (κ1) is 19.3. The fraction of sp³-hybridized carbons (Fsp3) is 0.105. The Labute approximate surface area is 171 Å². The maximum Gasteiger partial charge on any atom is 0.239 e. The van der Waals surface area contributed by atoms with Crippen LogP contribution in [-0.2, 0) is 4.79 Å². The minimum atomic E-state index is -0.228. The van der Waals surface area contributed by atoms with Gasteiger partial charge in [0.1, 0.15) is 0 Å². The Morgan fingerprint density at radius 2 is 1.70 bits per heavy atom. The van der Waals surface area contributed by atoms with Gasteiger partial charge in [0.25, 0.3) is 0 Å². The lowest BCUT2D eigenvalue weighted by Crippen LogP contribution is -2.22. The lowest BCUT2D eigenvalue weighted by molar-refractivity contribution is -0.115. The van der Waals surface area contributed by atoms with Gasteiger partial charge >= 0.3 is 0 Å². The minimum Gasteiger partial charge on any atom is -0.332 e. The highest BCUT2D eigenvalue weighted by molar-refractivity contribution is 8.00. The van der Waals surface area contributed by atoms with E-state index in [0.29, 0.717) is 10.2 Å². The average Bonchev–Trinajstić information content (AvgIpc) is 3.17. The number of hydrogen-bond donors (Lipinski definition) is 3. The fourth-order valence-corrected chi connectivity index (χ4v) is 3.82. The summed E-state index contributed by atoms with van der Waals surface area (Å²) >= 11 is 8.22. The van der Waals surface area contributed by atoms with Crippen LogP contribution in [0.5, 0.6) is 0 Å². The van der Waals surface area contributed by atoms with Crippen molar-refractivity contribution in [3.8, 4) is 0 Å². The van der Waals surface area contributed by atoms with E-state index in [1.165, 1.54) is 23.1 Å². The van der Waals surface area contributed by atoms with Crippen LogP contribution in [0.3, 0.4) is 0 Å². The molecule has 8 heteroatoms. The molecule has 0 aliphatic rings. The summed E-state index contributed by atoms with van der Waals surface area (Å²) in [7, 11) is 0. The molecule has 0 bridgehead atoms. The molecule has 1 atom stereocenters. The molecule has 5 nitrogen and oxygen atoms in total. The van der Waals surface area contributed by atoms with E-state index >= 15 is 0 Å². The van der Waals surface area contributed by atoms with Crippen LogP contribution in [0.1, 0.15) is 6.92 Å². The van der Waals surface area contributed by atoms with Gasteiger partial charge in [0.05, 0.1) is 5.25 Å². The van der Waals surface area contributed by atoms with Gasteiger partial charge in [0.2, 0.25) is 5.91 Å². The molecule has 0 spiro atoms. The van der Waals surface area contributed by atoms with Crippen molar-refractivity contribution in [2.45, 2.75) is 17.1 Å². The van der Waals surface area contributed by atoms with Crippen LogP contribution in [0.4, 0.5) is 16.5 Å². The zero-order valence-corrected chi connectivity index (χ0v) is 17.0. The first-order valence-corrected chi connectivity index (χ1v) is 10.4. The van der Waals surface area contributed by atoms with E-state index in [2.05, 4.69) is 20.9 Å². The van der Waals surface area contributed by atoms with E-state index in [4.69, 9.17) is 12.2 Å². The van der Waals surface area contributed by atoms with E-state index in [9.17, 15) is 4.79 Å². The standard InChI is InChI=1S/C19H18N4OS3/c1-13(17(24)23-19-20-11-12-26-19)27-16-9-7-15(8-10-16)22-18(25)21-14-5-3-2-4-6-14/h2-13H,1H3,(H,20,23,24)(H2,21,22,25). The number of aromatic nitrogens is 1. The predicted octanol–water partition coefficient (Wildman–Crippen LogP) is 5.07. The second-order valence-electron chi connectivity index (χ2n) is 5.56. The van der Waals surface area contributed by atoms with Gasteiger partial charge in [-0.25, -0.2) is 4.98 Å². The zero-order valence-electron chi connectivity index (χ0n) is 14.5. The Morgan fingerprint density at radius 1 is 1.04 bits per heavy atom. The third kappa shape index (κ3) is 6.06. The summed E-state index contributed by atoms with van der Waals surface area (Å²) in [5.41, 5.74) is 1.81. The molecular weight excluding hydrogens is 396 g/mol. The topological polar surface area (TPSA) is 66.0 Å². The Bertz CT molecular complexity index is 883. The molecule has 1 heterocycles. The van der Waals surface area contributed by atoms with Crippen molar-refractivity contribution in [1.29, 1.82) is 0 Å². The van der Waals surface area contributed by atoms with E-state index in [1.807, 2.05) is 66.9 Å². The second-order valence-corrected chi connectivity index (χ2v) is 8.27. The van der Waals surface area contributed by atoms with Gasteiger partial charge in [-0.15, -0.1) is 23.1 Å². The number of thiocarbonyl (C=S) groups is 1. The Balaban J connectivity index is 1.50. The minimum absolute atomic E-state index is 0.0645. The lowest BCUT2D eigenvalue weighted by atomic mass is 10.3. The predicted molar refractivity (Wildman–Crippen MR) is 119 cm³/mol. The molecule has 0 saturated heterocycles. The van der Waals surface area contributed by atoms with Crippen LogP contribution in [0.2, 0.25) is 0 Å². The average molecular weight is 415 g/mol.